The summed E-state index contributed by atoms with van der Waals surface area (Å²) in [7, 11) is -1.62. The van der Waals surface area contributed by atoms with Gasteiger partial charge < -0.3 is 19.4 Å². The molecule has 0 spiro atoms. The molecular weight excluding hydrogens is 540 g/mol. The van der Waals surface area contributed by atoms with Crippen molar-refractivity contribution in [2.24, 2.45) is 0 Å². The van der Waals surface area contributed by atoms with Crippen LogP contribution in [0.5, 0.6) is 5.75 Å². The average Bonchev–Trinajstić information content (AvgIpc) is 3.06. The van der Waals surface area contributed by atoms with Crippen molar-refractivity contribution in [3.8, 4) is 5.75 Å². The number of nitrogens with zero attached hydrogens (tertiary/aromatic N) is 6. The van der Waals surface area contributed by atoms with Crippen LogP contribution >= 0.6 is 0 Å². The molecule has 3 aromatic rings. The fourth-order valence-electron chi connectivity index (χ4n) is 5.53. The van der Waals surface area contributed by atoms with Gasteiger partial charge in [0.15, 0.2) is 5.82 Å². The largest absolute Gasteiger partial charge is 0.493 e. The van der Waals surface area contributed by atoms with Gasteiger partial charge in [0.2, 0.25) is 10.0 Å². The minimum absolute atomic E-state index is 0.0637. The summed E-state index contributed by atoms with van der Waals surface area (Å²) in [6.07, 6.45) is 4.47. The lowest BCUT2D eigenvalue weighted by Crippen LogP contribution is -2.42. The van der Waals surface area contributed by atoms with Gasteiger partial charge in [-0.1, -0.05) is 19.9 Å². The Labute approximate surface area is 242 Å². The Hall–Kier alpha value is -3.70. The molecule has 1 aromatic carbocycles. The van der Waals surface area contributed by atoms with E-state index in [9.17, 15) is 13.2 Å². The van der Waals surface area contributed by atoms with Gasteiger partial charge in [-0.25, -0.2) is 18.4 Å². The highest BCUT2D eigenvalue weighted by molar-refractivity contribution is 7.92. The molecule has 0 aliphatic carbocycles. The first-order valence-electron chi connectivity index (χ1n) is 14.3. The van der Waals surface area contributed by atoms with E-state index in [0.717, 1.165) is 29.9 Å². The number of aromatic nitrogens is 2. The molecule has 0 unspecified atom stereocenters. The Bertz CT molecular complexity index is 1530. The minimum Gasteiger partial charge on any atom is -0.493 e. The number of fused-ring (bicyclic) bond motifs is 3. The fraction of sp³-hybridized carbons (Fsp3) is 0.433. The van der Waals surface area contributed by atoms with Crippen LogP contribution in [0.2, 0.25) is 0 Å². The number of ether oxygens (including phenoxy) is 1. The van der Waals surface area contributed by atoms with Crippen molar-refractivity contribution in [3.63, 3.8) is 0 Å². The highest BCUT2D eigenvalue weighted by Gasteiger charge is 2.32. The maximum absolute atomic E-state index is 13.4. The second-order valence-electron chi connectivity index (χ2n) is 10.2. The van der Waals surface area contributed by atoms with Crippen LogP contribution in [0.15, 0.2) is 48.8 Å². The molecule has 10 nitrogen and oxygen atoms in total. The van der Waals surface area contributed by atoms with Gasteiger partial charge in [-0.05, 0) is 62.3 Å². The molecular formula is C30H38N6O4S. The molecule has 4 heterocycles. The summed E-state index contributed by atoms with van der Waals surface area (Å²) in [6, 6.07) is 11.2. The van der Waals surface area contributed by atoms with Gasteiger partial charge in [0.25, 0.3) is 5.91 Å². The predicted octanol–water partition coefficient (Wildman–Crippen LogP) is 3.88. The molecule has 1 amide bonds. The zero-order chi connectivity index (χ0) is 29.1. The van der Waals surface area contributed by atoms with Crippen molar-refractivity contribution in [3.05, 3.63) is 65.5 Å². The Morgan fingerprint density at radius 1 is 1.02 bits per heavy atom. The molecule has 2 aliphatic heterocycles. The lowest BCUT2D eigenvalue weighted by molar-refractivity contribution is 0.0994. The first-order valence-corrected chi connectivity index (χ1v) is 15.9. The van der Waals surface area contributed by atoms with Crippen LogP contribution < -0.4 is 18.8 Å². The second-order valence-corrected chi connectivity index (χ2v) is 12.2. The Morgan fingerprint density at radius 3 is 2.56 bits per heavy atom. The van der Waals surface area contributed by atoms with Gasteiger partial charge in [0, 0.05) is 51.1 Å². The lowest BCUT2D eigenvalue weighted by Gasteiger charge is -2.33. The maximum atomic E-state index is 13.4. The number of hydrogen-bond donors (Lipinski definition) is 0. The average molecular weight is 579 g/mol. The van der Waals surface area contributed by atoms with Crippen molar-refractivity contribution in [1.82, 2.24) is 14.9 Å². The van der Waals surface area contributed by atoms with E-state index in [4.69, 9.17) is 9.72 Å². The number of sulfonamides is 1. The first kappa shape index (κ1) is 28.8. The maximum Gasteiger partial charge on any atom is 0.261 e. The van der Waals surface area contributed by atoms with E-state index >= 15 is 0 Å². The molecule has 41 heavy (non-hydrogen) atoms. The topological polar surface area (TPSA) is 99.2 Å². The normalized spacial score (nSPS) is 15.8. The molecule has 0 radical (unpaired) electrons. The number of hydrogen-bond acceptors (Lipinski definition) is 8. The second kappa shape index (κ2) is 12.0. The number of benzene rings is 1. The van der Waals surface area contributed by atoms with Crippen molar-refractivity contribution in [1.29, 1.82) is 0 Å². The summed E-state index contributed by atoms with van der Waals surface area (Å²) in [4.78, 5) is 28.4. The van der Waals surface area contributed by atoms with E-state index in [2.05, 4.69) is 23.7 Å². The van der Waals surface area contributed by atoms with Crippen molar-refractivity contribution < 1.29 is 17.9 Å². The molecule has 218 valence electrons. The molecule has 11 heteroatoms. The summed E-state index contributed by atoms with van der Waals surface area (Å²) in [5, 5.41) is 0. The number of anilines is 4. The summed E-state index contributed by atoms with van der Waals surface area (Å²) >= 11 is 0. The van der Waals surface area contributed by atoms with Gasteiger partial charge >= 0.3 is 0 Å². The van der Waals surface area contributed by atoms with Crippen LogP contribution in [-0.2, 0) is 22.9 Å². The number of amides is 1. The SMILES string of the molecule is CCN(CC)CCN1c2cccc(OCCc3cnc4c(c3)C(=O)N(C)c3cccnc3N4CC)c2CCS1(=O)=O. The van der Waals surface area contributed by atoms with Crippen molar-refractivity contribution in [2.75, 3.05) is 66.2 Å². The van der Waals surface area contributed by atoms with E-state index in [1.807, 2.05) is 48.2 Å². The molecule has 0 bridgehead atoms. The number of pyridine rings is 2. The molecule has 0 fully saturated rings. The van der Waals surface area contributed by atoms with Crippen molar-refractivity contribution in [2.45, 2.75) is 33.6 Å². The molecule has 5 rings (SSSR count). The summed E-state index contributed by atoms with van der Waals surface area (Å²) < 4.78 is 33.7. The number of likely N-dealkylation sites (N-methyl/N-ethyl adjacent to an activating group) is 1. The van der Waals surface area contributed by atoms with Crippen LogP contribution in [0.1, 0.15) is 42.3 Å². The van der Waals surface area contributed by atoms with E-state index in [-0.39, 0.29) is 11.7 Å². The van der Waals surface area contributed by atoms with E-state index in [1.54, 1.807) is 28.6 Å². The molecule has 0 saturated heterocycles. The van der Waals surface area contributed by atoms with Crippen LogP contribution in [0.3, 0.4) is 0 Å². The van der Waals surface area contributed by atoms with Gasteiger partial charge in [-0.15, -0.1) is 0 Å². The number of rotatable bonds is 10. The van der Waals surface area contributed by atoms with E-state index < -0.39 is 10.0 Å². The highest BCUT2D eigenvalue weighted by Crippen LogP contribution is 2.38. The smallest absolute Gasteiger partial charge is 0.261 e. The number of carbonyl (C=O) groups excluding carboxylic acids is 1. The molecule has 2 aromatic heterocycles. The van der Waals surface area contributed by atoms with Gasteiger partial charge in [-0.3, -0.25) is 9.10 Å². The monoisotopic (exact) mass is 578 g/mol. The third-order valence-electron chi connectivity index (χ3n) is 7.90. The number of carbonyl (C=O) groups is 1. The van der Waals surface area contributed by atoms with Gasteiger partial charge in [0.1, 0.15) is 11.6 Å². The molecule has 2 aliphatic rings. The van der Waals surface area contributed by atoms with Gasteiger partial charge in [-0.2, -0.15) is 0 Å². The Morgan fingerprint density at radius 2 is 1.80 bits per heavy atom. The summed E-state index contributed by atoms with van der Waals surface area (Å²) in [5.41, 5.74) is 3.77. The van der Waals surface area contributed by atoms with Crippen molar-refractivity contribution >= 4 is 38.9 Å². The molecule has 0 atom stereocenters. The zero-order valence-electron chi connectivity index (χ0n) is 24.2. The highest BCUT2D eigenvalue weighted by atomic mass is 32.2. The standard InChI is InChI=1S/C30H38N6O4S/c1-5-34(6-2)16-17-36-25-10-8-12-27(23(25)14-19-41(36,38)39)40-18-13-22-20-24-28(32-21-22)35(7-3)29-26(11-9-15-31-29)33(4)30(24)37/h8-12,15,20-21H,5-7,13-14,16-19H2,1-4H3. The summed E-state index contributed by atoms with van der Waals surface area (Å²) in [6.45, 7) is 10.00. The minimum atomic E-state index is -3.38. The van der Waals surface area contributed by atoms with Crippen LogP contribution in [0.25, 0.3) is 0 Å². The fourth-order valence-corrected chi connectivity index (χ4v) is 7.05. The lowest BCUT2D eigenvalue weighted by atomic mass is 10.1. The molecule has 0 saturated carbocycles. The zero-order valence-corrected chi connectivity index (χ0v) is 25.0. The predicted molar refractivity (Wildman–Crippen MR) is 162 cm³/mol. The van der Waals surface area contributed by atoms with Crippen LogP contribution in [-0.4, -0.2) is 81.3 Å². The van der Waals surface area contributed by atoms with Crippen LogP contribution in [0.4, 0.5) is 23.0 Å². The first-order chi connectivity index (χ1) is 19.8. The molecule has 0 N–H and O–H groups in total. The Balaban J connectivity index is 1.33. The quantitative estimate of drug-likeness (QED) is 0.358. The Kier molecular flexibility index (Phi) is 8.46. The van der Waals surface area contributed by atoms with E-state index in [1.165, 1.54) is 0 Å². The summed E-state index contributed by atoms with van der Waals surface area (Å²) in [5.74, 6) is 1.92. The van der Waals surface area contributed by atoms with Gasteiger partial charge in [0.05, 0.1) is 29.3 Å². The van der Waals surface area contributed by atoms with E-state index in [0.29, 0.717) is 67.7 Å². The van der Waals surface area contributed by atoms with Crippen LogP contribution in [0, 0.1) is 0 Å². The third kappa shape index (κ3) is 5.60. The third-order valence-corrected chi connectivity index (χ3v) is 9.67.